The van der Waals surface area contributed by atoms with Gasteiger partial charge in [0.05, 0.1) is 11.6 Å². The quantitative estimate of drug-likeness (QED) is 0.656. The summed E-state index contributed by atoms with van der Waals surface area (Å²) in [6.45, 7) is 0.809. The first-order valence-corrected chi connectivity index (χ1v) is 9.40. The minimum Gasteiger partial charge on any atom is -0.457 e. The zero-order valence-corrected chi connectivity index (χ0v) is 15.2. The number of nitrogens with one attached hydrogen (secondary N) is 1. The number of nitriles is 1. The zero-order valence-electron chi connectivity index (χ0n) is 15.2. The molecule has 0 amide bonds. The van der Waals surface area contributed by atoms with Gasteiger partial charge in [0, 0.05) is 12.6 Å². The van der Waals surface area contributed by atoms with Crippen molar-refractivity contribution in [1.29, 1.82) is 5.26 Å². The van der Waals surface area contributed by atoms with Crippen LogP contribution in [0.15, 0.2) is 72.8 Å². The summed E-state index contributed by atoms with van der Waals surface area (Å²) in [5, 5.41) is 12.6. The minimum atomic E-state index is 0.415. The lowest BCUT2D eigenvalue weighted by Gasteiger charge is -2.26. The summed E-state index contributed by atoms with van der Waals surface area (Å²) in [5.41, 5.74) is 4.74. The second-order valence-corrected chi connectivity index (χ2v) is 6.91. The van der Waals surface area contributed by atoms with Crippen LogP contribution in [0.2, 0.25) is 0 Å². The molecule has 0 fully saturated rings. The van der Waals surface area contributed by atoms with E-state index in [1.54, 1.807) is 12.1 Å². The van der Waals surface area contributed by atoms with Gasteiger partial charge < -0.3 is 10.1 Å². The van der Waals surface area contributed by atoms with Crippen LogP contribution in [0.5, 0.6) is 11.5 Å². The number of hydrogen-bond donors (Lipinski definition) is 1. The van der Waals surface area contributed by atoms with E-state index in [9.17, 15) is 0 Å². The van der Waals surface area contributed by atoms with Gasteiger partial charge in [-0.25, -0.2) is 0 Å². The van der Waals surface area contributed by atoms with Crippen molar-refractivity contribution in [3.63, 3.8) is 0 Å². The van der Waals surface area contributed by atoms with Crippen LogP contribution in [0.3, 0.4) is 0 Å². The first-order valence-electron chi connectivity index (χ1n) is 9.40. The molecule has 1 aliphatic carbocycles. The van der Waals surface area contributed by atoms with Crippen LogP contribution < -0.4 is 10.1 Å². The largest absolute Gasteiger partial charge is 0.457 e. The van der Waals surface area contributed by atoms with Gasteiger partial charge in [-0.05, 0) is 72.4 Å². The van der Waals surface area contributed by atoms with E-state index in [4.69, 9.17) is 10.00 Å². The lowest BCUT2D eigenvalue weighted by atomic mass is 9.87. The second-order valence-electron chi connectivity index (χ2n) is 6.91. The molecule has 0 bridgehead atoms. The molecule has 1 atom stereocenters. The van der Waals surface area contributed by atoms with E-state index in [1.165, 1.54) is 36.0 Å². The molecule has 0 heterocycles. The predicted octanol–water partition coefficient (Wildman–Crippen LogP) is 5.52. The molecule has 3 heteroatoms. The van der Waals surface area contributed by atoms with Gasteiger partial charge in [-0.1, -0.05) is 36.4 Å². The fourth-order valence-corrected chi connectivity index (χ4v) is 3.66. The summed E-state index contributed by atoms with van der Waals surface area (Å²) >= 11 is 0. The Morgan fingerprint density at radius 1 is 0.963 bits per heavy atom. The molecular weight excluding hydrogens is 332 g/mol. The van der Waals surface area contributed by atoms with E-state index < -0.39 is 0 Å². The Bertz CT molecular complexity index is 957. The average Bonchev–Trinajstić information content (AvgIpc) is 2.73. The summed E-state index contributed by atoms with van der Waals surface area (Å²) in [7, 11) is 0. The Labute approximate surface area is 160 Å². The van der Waals surface area contributed by atoms with E-state index in [-0.39, 0.29) is 0 Å². The molecule has 1 N–H and O–H groups in total. The molecule has 0 radical (unpaired) electrons. The smallest absolute Gasteiger partial charge is 0.127 e. The minimum absolute atomic E-state index is 0.415. The topological polar surface area (TPSA) is 45.0 Å². The SMILES string of the molecule is N#Cc1ccc(Oc2cccc(CN[C@H]3CCCc4ccccc43)c2)cc1. The summed E-state index contributed by atoms with van der Waals surface area (Å²) in [4.78, 5) is 0. The van der Waals surface area contributed by atoms with E-state index in [0.717, 1.165) is 18.0 Å². The summed E-state index contributed by atoms with van der Waals surface area (Å²) in [6.07, 6.45) is 3.59. The third-order valence-electron chi connectivity index (χ3n) is 5.04. The number of ether oxygens (including phenoxy) is 1. The van der Waals surface area contributed by atoms with Crippen molar-refractivity contribution in [2.45, 2.75) is 31.8 Å². The third kappa shape index (κ3) is 4.19. The van der Waals surface area contributed by atoms with Crippen molar-refractivity contribution in [3.05, 3.63) is 95.1 Å². The van der Waals surface area contributed by atoms with Crippen LogP contribution in [-0.4, -0.2) is 0 Å². The van der Waals surface area contributed by atoms with Gasteiger partial charge in [0.1, 0.15) is 11.5 Å². The van der Waals surface area contributed by atoms with Gasteiger partial charge in [-0.2, -0.15) is 5.26 Å². The van der Waals surface area contributed by atoms with Gasteiger partial charge in [0.25, 0.3) is 0 Å². The Morgan fingerprint density at radius 3 is 2.67 bits per heavy atom. The van der Waals surface area contributed by atoms with Crippen LogP contribution in [-0.2, 0) is 13.0 Å². The fraction of sp³-hybridized carbons (Fsp3) is 0.208. The van der Waals surface area contributed by atoms with E-state index >= 15 is 0 Å². The first-order chi connectivity index (χ1) is 13.3. The Kier molecular flexibility index (Phi) is 5.18. The van der Waals surface area contributed by atoms with E-state index in [2.05, 4.69) is 47.8 Å². The number of fused-ring (bicyclic) bond motifs is 1. The monoisotopic (exact) mass is 354 g/mol. The molecule has 27 heavy (non-hydrogen) atoms. The molecular formula is C24H22N2O. The van der Waals surface area contributed by atoms with E-state index in [0.29, 0.717) is 11.6 Å². The first kappa shape index (κ1) is 17.3. The molecule has 0 aliphatic heterocycles. The van der Waals surface area contributed by atoms with Crippen molar-refractivity contribution in [2.24, 2.45) is 0 Å². The van der Waals surface area contributed by atoms with Gasteiger partial charge in [-0.3, -0.25) is 0 Å². The van der Waals surface area contributed by atoms with Crippen LogP contribution >= 0.6 is 0 Å². The van der Waals surface area contributed by atoms with Crippen LogP contribution in [0.4, 0.5) is 0 Å². The molecule has 3 nitrogen and oxygen atoms in total. The second kappa shape index (κ2) is 8.07. The molecule has 0 aromatic heterocycles. The molecule has 3 aromatic rings. The lowest BCUT2D eigenvalue weighted by Crippen LogP contribution is -2.24. The maximum Gasteiger partial charge on any atom is 0.127 e. The number of rotatable bonds is 5. The van der Waals surface area contributed by atoms with Gasteiger partial charge in [0.15, 0.2) is 0 Å². The van der Waals surface area contributed by atoms with Crippen molar-refractivity contribution in [1.82, 2.24) is 5.32 Å². The third-order valence-corrected chi connectivity index (χ3v) is 5.04. The predicted molar refractivity (Wildman–Crippen MR) is 107 cm³/mol. The molecule has 3 aromatic carbocycles. The summed E-state index contributed by atoms with van der Waals surface area (Å²) in [5.74, 6) is 1.54. The molecule has 1 aliphatic rings. The number of nitrogens with zero attached hydrogens (tertiary/aromatic N) is 1. The molecule has 134 valence electrons. The average molecular weight is 354 g/mol. The highest BCUT2D eigenvalue weighted by molar-refractivity contribution is 5.38. The van der Waals surface area contributed by atoms with Crippen LogP contribution in [0.1, 0.15) is 41.1 Å². The molecule has 0 unspecified atom stereocenters. The highest BCUT2D eigenvalue weighted by Crippen LogP contribution is 2.30. The van der Waals surface area contributed by atoms with Crippen molar-refractivity contribution in [2.75, 3.05) is 0 Å². The maximum absolute atomic E-state index is 8.88. The van der Waals surface area contributed by atoms with Gasteiger partial charge >= 0.3 is 0 Å². The maximum atomic E-state index is 8.88. The van der Waals surface area contributed by atoms with Crippen molar-refractivity contribution < 1.29 is 4.74 Å². The fourth-order valence-electron chi connectivity index (χ4n) is 3.66. The zero-order chi connectivity index (χ0) is 18.5. The highest BCUT2D eigenvalue weighted by Gasteiger charge is 2.18. The summed E-state index contributed by atoms with van der Waals surface area (Å²) in [6, 6.07) is 26.6. The molecule has 4 rings (SSSR count). The molecule has 0 spiro atoms. The highest BCUT2D eigenvalue weighted by atomic mass is 16.5. The molecule has 0 saturated heterocycles. The van der Waals surface area contributed by atoms with Gasteiger partial charge in [-0.15, -0.1) is 0 Å². The summed E-state index contributed by atoms with van der Waals surface area (Å²) < 4.78 is 5.93. The van der Waals surface area contributed by atoms with Crippen LogP contribution in [0, 0.1) is 11.3 Å². The standard InChI is InChI=1S/C24H22N2O/c25-16-18-11-13-21(14-12-18)27-22-8-3-5-19(15-22)17-26-24-10-4-7-20-6-1-2-9-23(20)24/h1-3,5-6,8-9,11-15,24,26H,4,7,10,17H2/t24-/m0/s1. The van der Waals surface area contributed by atoms with Crippen molar-refractivity contribution in [3.8, 4) is 17.6 Å². The van der Waals surface area contributed by atoms with E-state index in [1.807, 2.05) is 24.3 Å². The number of aryl methyl sites for hydroxylation is 1. The Hall–Kier alpha value is -3.09. The Balaban J connectivity index is 1.42. The number of benzene rings is 3. The lowest BCUT2D eigenvalue weighted by molar-refractivity contribution is 0.456. The van der Waals surface area contributed by atoms with Crippen LogP contribution in [0.25, 0.3) is 0 Å². The molecule has 0 saturated carbocycles. The van der Waals surface area contributed by atoms with Crippen molar-refractivity contribution >= 4 is 0 Å². The normalized spacial score (nSPS) is 15.6. The number of hydrogen-bond acceptors (Lipinski definition) is 3. The van der Waals surface area contributed by atoms with Gasteiger partial charge in [0.2, 0.25) is 0 Å². The Morgan fingerprint density at radius 2 is 1.81 bits per heavy atom.